The van der Waals surface area contributed by atoms with Crippen LogP contribution in [-0.2, 0) is 16.8 Å². The van der Waals surface area contributed by atoms with E-state index in [4.69, 9.17) is 4.42 Å². The lowest BCUT2D eigenvalue weighted by atomic mass is 9.84. The first kappa shape index (κ1) is 20.5. The molecule has 4 nitrogen and oxygen atoms in total. The number of nitrogens with one attached hydrogen (secondary N) is 1. The first-order valence-electron chi connectivity index (χ1n) is 10.2. The quantitative estimate of drug-likeness (QED) is 0.435. The van der Waals surface area contributed by atoms with Crippen molar-refractivity contribution in [1.29, 1.82) is 0 Å². The summed E-state index contributed by atoms with van der Waals surface area (Å²) in [6.07, 6.45) is 2.20. The molecule has 156 valence electrons. The molecule has 0 fully saturated rings. The largest absolute Gasteiger partial charge is 0.441 e. The Balaban J connectivity index is 1.46. The first-order chi connectivity index (χ1) is 15.0. The Kier molecular flexibility index (Phi) is 5.94. The van der Waals surface area contributed by atoms with E-state index < -0.39 is 5.54 Å². The summed E-state index contributed by atoms with van der Waals surface area (Å²) >= 11 is 0. The molecule has 1 amide bonds. The van der Waals surface area contributed by atoms with Gasteiger partial charge in [-0.2, -0.15) is 0 Å². The van der Waals surface area contributed by atoms with Crippen molar-refractivity contribution in [3.8, 4) is 11.3 Å². The summed E-state index contributed by atoms with van der Waals surface area (Å²) in [5.41, 5.74) is 2.09. The van der Waals surface area contributed by atoms with Crippen LogP contribution in [0.1, 0.15) is 30.4 Å². The van der Waals surface area contributed by atoms with Gasteiger partial charge in [0.2, 0.25) is 5.91 Å². The molecule has 0 unspecified atom stereocenters. The van der Waals surface area contributed by atoms with Crippen LogP contribution in [0.5, 0.6) is 0 Å². The van der Waals surface area contributed by atoms with Gasteiger partial charge in [0.05, 0.1) is 11.7 Å². The highest BCUT2D eigenvalue weighted by atomic mass is 19.1. The van der Waals surface area contributed by atoms with Crippen LogP contribution in [0.3, 0.4) is 0 Å². The Morgan fingerprint density at radius 1 is 0.935 bits per heavy atom. The van der Waals surface area contributed by atoms with Gasteiger partial charge in [-0.1, -0.05) is 60.7 Å². The van der Waals surface area contributed by atoms with Gasteiger partial charge in [0.15, 0.2) is 11.7 Å². The Morgan fingerprint density at radius 3 is 2.10 bits per heavy atom. The van der Waals surface area contributed by atoms with Crippen LogP contribution in [-0.4, -0.2) is 10.9 Å². The van der Waals surface area contributed by atoms with Crippen molar-refractivity contribution in [3.63, 3.8) is 0 Å². The van der Waals surface area contributed by atoms with Crippen molar-refractivity contribution in [2.45, 2.75) is 25.3 Å². The minimum Gasteiger partial charge on any atom is -0.441 e. The van der Waals surface area contributed by atoms with Crippen molar-refractivity contribution in [2.75, 3.05) is 0 Å². The van der Waals surface area contributed by atoms with Crippen molar-refractivity contribution in [1.82, 2.24) is 10.3 Å². The fourth-order valence-electron chi connectivity index (χ4n) is 3.59. The summed E-state index contributed by atoms with van der Waals surface area (Å²) in [6.45, 7) is 2.01. The molecule has 5 heteroatoms. The van der Waals surface area contributed by atoms with E-state index in [0.29, 0.717) is 18.1 Å². The molecule has 0 radical (unpaired) electrons. The lowest BCUT2D eigenvalue weighted by Crippen LogP contribution is -2.44. The topological polar surface area (TPSA) is 55.1 Å². The predicted octanol–water partition coefficient (Wildman–Crippen LogP) is 5.49. The van der Waals surface area contributed by atoms with E-state index in [1.165, 1.54) is 12.1 Å². The summed E-state index contributed by atoms with van der Waals surface area (Å²) in [5, 5.41) is 3.19. The van der Waals surface area contributed by atoms with E-state index in [2.05, 4.69) is 10.3 Å². The molecule has 0 saturated carbocycles. The van der Waals surface area contributed by atoms with Gasteiger partial charge in [0.1, 0.15) is 5.82 Å². The molecule has 1 N–H and O–H groups in total. The zero-order valence-corrected chi connectivity index (χ0v) is 17.2. The van der Waals surface area contributed by atoms with Crippen LogP contribution in [0.15, 0.2) is 95.5 Å². The maximum Gasteiger partial charge on any atom is 0.221 e. The molecule has 0 aliphatic carbocycles. The number of aryl methyl sites for hydroxylation is 1. The summed E-state index contributed by atoms with van der Waals surface area (Å²) < 4.78 is 18.9. The molecule has 1 aromatic heterocycles. The highest BCUT2D eigenvalue weighted by Gasteiger charge is 2.30. The second-order valence-corrected chi connectivity index (χ2v) is 7.53. The molecule has 0 aliphatic heterocycles. The van der Waals surface area contributed by atoms with Gasteiger partial charge in [-0.15, -0.1) is 0 Å². The van der Waals surface area contributed by atoms with E-state index in [0.717, 1.165) is 16.7 Å². The third kappa shape index (κ3) is 4.72. The minimum absolute atomic E-state index is 0.100. The number of carbonyl (C=O) groups excluding carboxylic acids is 1. The average molecular weight is 414 g/mol. The number of oxazole rings is 1. The van der Waals surface area contributed by atoms with E-state index >= 15 is 0 Å². The molecular weight excluding hydrogens is 391 g/mol. The van der Waals surface area contributed by atoms with Crippen LogP contribution in [0.25, 0.3) is 11.3 Å². The van der Waals surface area contributed by atoms with Crippen LogP contribution in [0.4, 0.5) is 4.39 Å². The number of hydrogen-bond acceptors (Lipinski definition) is 3. The number of benzene rings is 3. The van der Waals surface area contributed by atoms with Crippen LogP contribution in [0, 0.1) is 5.82 Å². The maximum absolute atomic E-state index is 13.1. The number of amides is 1. The summed E-state index contributed by atoms with van der Waals surface area (Å²) in [6, 6.07) is 25.8. The number of aromatic nitrogens is 1. The standard InChI is InChI=1S/C26H23FN2O2/c1-26(20-8-4-2-5-9-20,21-10-6-3-7-11-21)29-24(30)16-17-25-28-18-23(31-25)19-12-14-22(27)15-13-19/h2-15,18H,16-17H2,1H3,(H,29,30). The zero-order chi connectivity index (χ0) is 21.7. The number of rotatable bonds is 7. The SMILES string of the molecule is CC(NC(=O)CCc1ncc(-c2ccc(F)cc2)o1)(c1ccccc1)c1ccccc1. The first-order valence-corrected chi connectivity index (χ1v) is 10.2. The Morgan fingerprint density at radius 2 is 1.52 bits per heavy atom. The third-order valence-electron chi connectivity index (χ3n) is 5.34. The van der Waals surface area contributed by atoms with E-state index in [-0.39, 0.29) is 18.1 Å². The van der Waals surface area contributed by atoms with Crippen molar-refractivity contribution >= 4 is 5.91 Å². The lowest BCUT2D eigenvalue weighted by molar-refractivity contribution is -0.122. The lowest BCUT2D eigenvalue weighted by Gasteiger charge is -2.32. The molecule has 0 saturated heterocycles. The highest BCUT2D eigenvalue weighted by molar-refractivity contribution is 5.78. The Hall–Kier alpha value is -3.73. The molecular formula is C26H23FN2O2. The van der Waals surface area contributed by atoms with E-state index in [1.54, 1.807) is 18.3 Å². The fourth-order valence-corrected chi connectivity index (χ4v) is 3.59. The van der Waals surface area contributed by atoms with Gasteiger partial charge < -0.3 is 9.73 Å². The maximum atomic E-state index is 13.1. The predicted molar refractivity (Wildman–Crippen MR) is 118 cm³/mol. The Labute approximate surface area is 180 Å². The average Bonchev–Trinajstić information content (AvgIpc) is 3.28. The molecule has 4 rings (SSSR count). The van der Waals surface area contributed by atoms with E-state index in [1.807, 2.05) is 67.6 Å². The van der Waals surface area contributed by atoms with E-state index in [9.17, 15) is 9.18 Å². The van der Waals surface area contributed by atoms with Gasteiger partial charge >= 0.3 is 0 Å². The molecule has 3 aromatic carbocycles. The molecule has 0 bridgehead atoms. The summed E-state index contributed by atoms with van der Waals surface area (Å²) in [5.74, 6) is 0.612. The van der Waals surface area contributed by atoms with Crippen molar-refractivity contribution < 1.29 is 13.6 Å². The molecule has 0 atom stereocenters. The van der Waals surface area contributed by atoms with Gasteiger partial charge in [0, 0.05) is 18.4 Å². The molecule has 4 aromatic rings. The fraction of sp³-hybridized carbons (Fsp3) is 0.154. The zero-order valence-electron chi connectivity index (χ0n) is 17.2. The highest BCUT2D eigenvalue weighted by Crippen LogP contribution is 2.29. The number of halogens is 1. The van der Waals surface area contributed by atoms with Crippen LogP contribution >= 0.6 is 0 Å². The molecule has 1 heterocycles. The van der Waals surface area contributed by atoms with Gasteiger partial charge in [-0.05, 0) is 42.3 Å². The number of carbonyl (C=O) groups is 1. The van der Waals surface area contributed by atoms with Gasteiger partial charge in [-0.3, -0.25) is 4.79 Å². The van der Waals surface area contributed by atoms with Crippen LogP contribution < -0.4 is 5.32 Å². The minimum atomic E-state index is -0.657. The molecule has 0 spiro atoms. The number of nitrogens with zero attached hydrogens (tertiary/aromatic N) is 1. The number of hydrogen-bond donors (Lipinski definition) is 1. The normalized spacial score (nSPS) is 11.3. The second kappa shape index (κ2) is 8.96. The van der Waals surface area contributed by atoms with Gasteiger partial charge in [-0.25, -0.2) is 9.37 Å². The van der Waals surface area contributed by atoms with Crippen molar-refractivity contribution in [3.05, 3.63) is 114 Å². The summed E-state index contributed by atoms with van der Waals surface area (Å²) in [4.78, 5) is 17.1. The molecule has 31 heavy (non-hydrogen) atoms. The van der Waals surface area contributed by atoms with Crippen molar-refractivity contribution in [2.24, 2.45) is 0 Å². The van der Waals surface area contributed by atoms with Gasteiger partial charge in [0.25, 0.3) is 0 Å². The van der Waals surface area contributed by atoms with Crippen LogP contribution in [0.2, 0.25) is 0 Å². The smallest absolute Gasteiger partial charge is 0.221 e. The monoisotopic (exact) mass is 414 g/mol. The third-order valence-corrected chi connectivity index (χ3v) is 5.34. The summed E-state index contributed by atoms with van der Waals surface area (Å²) in [7, 11) is 0. The second-order valence-electron chi connectivity index (χ2n) is 7.53. The molecule has 0 aliphatic rings. The Bertz CT molecular complexity index is 1100.